The average molecular weight is 175 g/mol. The molecule has 0 amide bonds. The fourth-order valence-electron chi connectivity index (χ4n) is 1.40. The standard InChI is InChI=1S/C11H13NO/c1-3-4-11-12-9-6-5-8(2)7-10(9)13-11/h5-7H,3-4H2,1-2H3. The number of fused-ring (bicyclic) bond motifs is 1. The Labute approximate surface area is 77.6 Å². The van der Waals surface area contributed by atoms with Gasteiger partial charge in [-0.05, 0) is 31.0 Å². The molecule has 2 aromatic rings. The second-order valence-corrected chi connectivity index (χ2v) is 3.33. The van der Waals surface area contributed by atoms with Crippen LogP contribution in [-0.2, 0) is 6.42 Å². The van der Waals surface area contributed by atoms with Crippen molar-refractivity contribution in [2.24, 2.45) is 0 Å². The van der Waals surface area contributed by atoms with Gasteiger partial charge in [0.1, 0.15) is 5.52 Å². The molecule has 0 N–H and O–H groups in total. The number of benzene rings is 1. The molecule has 68 valence electrons. The topological polar surface area (TPSA) is 26.0 Å². The second kappa shape index (κ2) is 3.21. The SMILES string of the molecule is CCCc1nc2ccc(C)cc2o1. The highest BCUT2D eigenvalue weighted by atomic mass is 16.3. The van der Waals surface area contributed by atoms with Crippen molar-refractivity contribution in [1.29, 1.82) is 0 Å². The lowest BCUT2D eigenvalue weighted by atomic mass is 10.2. The first-order valence-corrected chi connectivity index (χ1v) is 4.65. The van der Waals surface area contributed by atoms with E-state index in [0.29, 0.717) is 0 Å². The van der Waals surface area contributed by atoms with Gasteiger partial charge in [-0.1, -0.05) is 13.0 Å². The first kappa shape index (κ1) is 8.30. The zero-order valence-corrected chi connectivity index (χ0v) is 8.00. The molecule has 2 nitrogen and oxygen atoms in total. The normalized spacial score (nSPS) is 10.9. The molecule has 0 fully saturated rings. The third-order valence-corrected chi connectivity index (χ3v) is 2.05. The molecule has 0 saturated carbocycles. The van der Waals surface area contributed by atoms with Crippen molar-refractivity contribution in [2.45, 2.75) is 26.7 Å². The van der Waals surface area contributed by atoms with Crippen LogP contribution >= 0.6 is 0 Å². The van der Waals surface area contributed by atoms with E-state index in [9.17, 15) is 0 Å². The number of nitrogens with zero attached hydrogens (tertiary/aromatic N) is 1. The molecule has 13 heavy (non-hydrogen) atoms. The third-order valence-electron chi connectivity index (χ3n) is 2.05. The molecule has 0 unspecified atom stereocenters. The molecular formula is C11H13NO. The molecule has 0 atom stereocenters. The summed E-state index contributed by atoms with van der Waals surface area (Å²) in [4.78, 5) is 4.38. The van der Waals surface area contributed by atoms with Gasteiger partial charge in [0.15, 0.2) is 11.5 Å². The summed E-state index contributed by atoms with van der Waals surface area (Å²) in [5.74, 6) is 0.850. The van der Waals surface area contributed by atoms with Crippen LogP contribution in [0.4, 0.5) is 0 Å². The Morgan fingerprint density at radius 3 is 3.00 bits per heavy atom. The van der Waals surface area contributed by atoms with Gasteiger partial charge in [0.2, 0.25) is 0 Å². The van der Waals surface area contributed by atoms with Gasteiger partial charge >= 0.3 is 0 Å². The van der Waals surface area contributed by atoms with Crippen molar-refractivity contribution in [2.75, 3.05) is 0 Å². The zero-order valence-electron chi connectivity index (χ0n) is 8.00. The van der Waals surface area contributed by atoms with Crippen LogP contribution in [0.25, 0.3) is 11.1 Å². The second-order valence-electron chi connectivity index (χ2n) is 3.33. The minimum atomic E-state index is 0.850. The molecule has 0 saturated heterocycles. The Bertz CT molecular complexity index is 417. The number of oxazole rings is 1. The van der Waals surface area contributed by atoms with Crippen molar-refractivity contribution in [3.8, 4) is 0 Å². The van der Waals surface area contributed by atoms with Crippen molar-refractivity contribution < 1.29 is 4.42 Å². The Hall–Kier alpha value is -1.31. The summed E-state index contributed by atoms with van der Waals surface area (Å²) >= 11 is 0. The lowest BCUT2D eigenvalue weighted by Gasteiger charge is -1.88. The van der Waals surface area contributed by atoms with Gasteiger partial charge in [-0.2, -0.15) is 0 Å². The minimum absolute atomic E-state index is 0.850. The predicted molar refractivity (Wildman–Crippen MR) is 52.7 cm³/mol. The molecule has 0 aliphatic carbocycles. The van der Waals surface area contributed by atoms with E-state index in [2.05, 4.69) is 24.9 Å². The molecule has 0 bridgehead atoms. The fourth-order valence-corrected chi connectivity index (χ4v) is 1.40. The predicted octanol–water partition coefficient (Wildman–Crippen LogP) is 3.09. The third kappa shape index (κ3) is 1.57. The number of aromatic nitrogens is 1. The fraction of sp³-hybridized carbons (Fsp3) is 0.364. The van der Waals surface area contributed by atoms with E-state index in [1.165, 1.54) is 5.56 Å². The van der Waals surface area contributed by atoms with Gasteiger partial charge in [-0.15, -0.1) is 0 Å². The Balaban J connectivity index is 2.49. The first-order chi connectivity index (χ1) is 6.29. The number of aryl methyl sites for hydroxylation is 2. The quantitative estimate of drug-likeness (QED) is 0.701. The number of hydrogen-bond donors (Lipinski definition) is 0. The van der Waals surface area contributed by atoms with Gasteiger partial charge in [-0.3, -0.25) is 0 Å². The van der Waals surface area contributed by atoms with Crippen LogP contribution in [0, 0.1) is 6.92 Å². The smallest absolute Gasteiger partial charge is 0.195 e. The van der Waals surface area contributed by atoms with Crippen LogP contribution in [0.2, 0.25) is 0 Å². The van der Waals surface area contributed by atoms with Crippen molar-refractivity contribution in [1.82, 2.24) is 4.98 Å². The Morgan fingerprint density at radius 1 is 1.38 bits per heavy atom. The van der Waals surface area contributed by atoms with Gasteiger partial charge in [0, 0.05) is 6.42 Å². The van der Waals surface area contributed by atoms with Gasteiger partial charge in [-0.25, -0.2) is 4.98 Å². The van der Waals surface area contributed by atoms with E-state index in [0.717, 1.165) is 29.8 Å². The maximum absolute atomic E-state index is 5.58. The van der Waals surface area contributed by atoms with E-state index >= 15 is 0 Å². The molecular weight excluding hydrogens is 162 g/mol. The van der Waals surface area contributed by atoms with E-state index in [1.54, 1.807) is 0 Å². The highest BCUT2D eigenvalue weighted by Gasteiger charge is 2.03. The summed E-state index contributed by atoms with van der Waals surface area (Å²) in [6.45, 7) is 4.18. The van der Waals surface area contributed by atoms with Crippen LogP contribution in [-0.4, -0.2) is 4.98 Å². The molecule has 1 aromatic carbocycles. The molecule has 1 aromatic heterocycles. The zero-order chi connectivity index (χ0) is 9.26. The number of rotatable bonds is 2. The van der Waals surface area contributed by atoms with Crippen LogP contribution in [0.5, 0.6) is 0 Å². The van der Waals surface area contributed by atoms with Crippen molar-refractivity contribution in [3.63, 3.8) is 0 Å². The average Bonchev–Trinajstić information content (AvgIpc) is 2.46. The van der Waals surface area contributed by atoms with Crippen LogP contribution in [0.3, 0.4) is 0 Å². The summed E-state index contributed by atoms with van der Waals surface area (Å²) < 4.78 is 5.58. The largest absolute Gasteiger partial charge is 0.441 e. The molecule has 2 heteroatoms. The molecule has 0 aliphatic heterocycles. The number of hydrogen-bond acceptors (Lipinski definition) is 2. The minimum Gasteiger partial charge on any atom is -0.441 e. The van der Waals surface area contributed by atoms with E-state index in [-0.39, 0.29) is 0 Å². The van der Waals surface area contributed by atoms with Gasteiger partial charge < -0.3 is 4.42 Å². The summed E-state index contributed by atoms with van der Waals surface area (Å²) in [5.41, 5.74) is 3.09. The van der Waals surface area contributed by atoms with Crippen LogP contribution in [0.15, 0.2) is 22.6 Å². The monoisotopic (exact) mass is 175 g/mol. The van der Waals surface area contributed by atoms with E-state index < -0.39 is 0 Å². The highest BCUT2D eigenvalue weighted by molar-refractivity contribution is 5.73. The van der Waals surface area contributed by atoms with Crippen LogP contribution in [0.1, 0.15) is 24.8 Å². The van der Waals surface area contributed by atoms with Gasteiger partial charge in [0.05, 0.1) is 0 Å². The summed E-state index contributed by atoms with van der Waals surface area (Å²) in [6, 6.07) is 6.09. The molecule has 0 aliphatic rings. The summed E-state index contributed by atoms with van der Waals surface area (Å²) in [7, 11) is 0. The van der Waals surface area contributed by atoms with E-state index in [1.807, 2.05) is 12.1 Å². The molecule has 0 spiro atoms. The Morgan fingerprint density at radius 2 is 2.23 bits per heavy atom. The lowest BCUT2D eigenvalue weighted by Crippen LogP contribution is -1.79. The molecule has 0 radical (unpaired) electrons. The lowest BCUT2D eigenvalue weighted by molar-refractivity contribution is 0.525. The van der Waals surface area contributed by atoms with E-state index in [4.69, 9.17) is 4.42 Å². The summed E-state index contributed by atoms with van der Waals surface area (Å²) in [6.07, 6.45) is 2.00. The first-order valence-electron chi connectivity index (χ1n) is 4.65. The van der Waals surface area contributed by atoms with Crippen LogP contribution < -0.4 is 0 Å². The maximum atomic E-state index is 5.58. The van der Waals surface area contributed by atoms with Crippen molar-refractivity contribution in [3.05, 3.63) is 29.7 Å². The highest BCUT2D eigenvalue weighted by Crippen LogP contribution is 2.17. The molecule has 2 rings (SSSR count). The van der Waals surface area contributed by atoms with Gasteiger partial charge in [0.25, 0.3) is 0 Å². The Kier molecular flexibility index (Phi) is 2.05. The maximum Gasteiger partial charge on any atom is 0.195 e. The summed E-state index contributed by atoms with van der Waals surface area (Å²) in [5, 5.41) is 0. The van der Waals surface area contributed by atoms with Crippen molar-refractivity contribution >= 4 is 11.1 Å². The molecule has 1 heterocycles.